The van der Waals surface area contributed by atoms with Gasteiger partial charge in [-0.2, -0.15) is 0 Å². The molecule has 1 N–H and O–H groups in total. The van der Waals surface area contributed by atoms with E-state index in [1.165, 1.54) is 5.01 Å². The number of carbonyl (C=O) groups is 2. The molecule has 8 heteroatoms. The molecule has 1 aliphatic rings. The van der Waals surface area contributed by atoms with Crippen LogP contribution in [0.25, 0.3) is 0 Å². The van der Waals surface area contributed by atoms with E-state index in [9.17, 15) is 9.59 Å². The Hall–Kier alpha value is -1.86. The first kappa shape index (κ1) is 15.2. The molecular formula is C11H19N3O5. The van der Waals surface area contributed by atoms with Gasteiger partial charge in [-0.15, -0.1) is 0 Å². The lowest BCUT2D eigenvalue weighted by Gasteiger charge is -2.14. The van der Waals surface area contributed by atoms with Crippen LogP contribution in [0.5, 0.6) is 0 Å². The zero-order valence-corrected chi connectivity index (χ0v) is 11.1. The van der Waals surface area contributed by atoms with Gasteiger partial charge in [0.2, 0.25) is 0 Å². The average Bonchev–Trinajstić information content (AvgIpc) is 2.81. The van der Waals surface area contributed by atoms with Crippen molar-refractivity contribution in [1.82, 2.24) is 5.01 Å². The maximum absolute atomic E-state index is 11.1. The van der Waals surface area contributed by atoms with Gasteiger partial charge in [-0.05, 0) is 18.1 Å². The first-order valence-corrected chi connectivity index (χ1v) is 6.21. The smallest absolute Gasteiger partial charge is 0.328 e. The third kappa shape index (κ3) is 5.11. The van der Waals surface area contributed by atoms with Gasteiger partial charge in [-0.25, -0.2) is 4.79 Å². The average molecular weight is 273 g/mol. The highest BCUT2D eigenvalue weighted by atomic mass is 16.7. The van der Waals surface area contributed by atoms with Crippen LogP contribution in [0.4, 0.5) is 0 Å². The highest BCUT2D eigenvalue weighted by Crippen LogP contribution is 2.17. The first-order chi connectivity index (χ1) is 9.02. The van der Waals surface area contributed by atoms with Gasteiger partial charge in [0.15, 0.2) is 6.61 Å². The van der Waals surface area contributed by atoms with E-state index in [1.807, 2.05) is 0 Å². The predicted octanol–water partition coefficient (Wildman–Crippen LogP) is 1.03. The number of rotatable bonds is 7. The van der Waals surface area contributed by atoms with Gasteiger partial charge in [-0.1, -0.05) is 13.8 Å². The van der Waals surface area contributed by atoms with E-state index < -0.39 is 12.0 Å². The molecule has 19 heavy (non-hydrogen) atoms. The zero-order valence-electron chi connectivity index (χ0n) is 11.1. The van der Waals surface area contributed by atoms with Crippen molar-refractivity contribution >= 4 is 11.9 Å². The molecular weight excluding hydrogens is 254 g/mol. The SMILES string of the molecule is CC(C)C(=O)OCCO/N=N\N1CCC[C@H]1C(=O)O. The lowest BCUT2D eigenvalue weighted by atomic mass is 10.2. The second-order valence-corrected chi connectivity index (χ2v) is 4.49. The Morgan fingerprint density at radius 3 is 2.79 bits per heavy atom. The molecule has 108 valence electrons. The molecule has 1 saturated heterocycles. The highest BCUT2D eigenvalue weighted by Gasteiger charge is 2.30. The van der Waals surface area contributed by atoms with Gasteiger partial charge in [0, 0.05) is 11.8 Å². The summed E-state index contributed by atoms with van der Waals surface area (Å²) in [5, 5.41) is 17.4. The molecule has 1 atom stereocenters. The summed E-state index contributed by atoms with van der Waals surface area (Å²) < 4.78 is 4.86. The van der Waals surface area contributed by atoms with Gasteiger partial charge in [0.25, 0.3) is 0 Å². The van der Waals surface area contributed by atoms with Crippen LogP contribution in [-0.4, -0.2) is 47.9 Å². The Morgan fingerprint density at radius 1 is 1.42 bits per heavy atom. The summed E-state index contributed by atoms with van der Waals surface area (Å²) in [5.74, 6) is -1.39. The molecule has 0 unspecified atom stereocenters. The van der Waals surface area contributed by atoms with E-state index in [0.29, 0.717) is 13.0 Å². The topological polar surface area (TPSA) is 101 Å². The number of aliphatic carboxylic acids is 1. The van der Waals surface area contributed by atoms with Gasteiger partial charge < -0.3 is 14.7 Å². The van der Waals surface area contributed by atoms with Crippen LogP contribution in [0, 0.1) is 5.92 Å². The molecule has 0 aromatic rings. The van der Waals surface area contributed by atoms with Crippen LogP contribution in [0.2, 0.25) is 0 Å². The molecule has 1 fully saturated rings. The molecule has 1 rings (SSSR count). The molecule has 1 aliphatic heterocycles. The van der Waals surface area contributed by atoms with Gasteiger partial charge in [-0.3, -0.25) is 9.80 Å². The van der Waals surface area contributed by atoms with Crippen molar-refractivity contribution in [3.8, 4) is 0 Å². The third-order valence-corrected chi connectivity index (χ3v) is 2.61. The van der Waals surface area contributed by atoms with Crippen LogP contribution in [0.3, 0.4) is 0 Å². The monoisotopic (exact) mass is 273 g/mol. The summed E-state index contributed by atoms with van der Waals surface area (Å²) >= 11 is 0. The highest BCUT2D eigenvalue weighted by molar-refractivity contribution is 5.73. The lowest BCUT2D eigenvalue weighted by Crippen LogP contribution is -2.31. The van der Waals surface area contributed by atoms with E-state index in [4.69, 9.17) is 14.7 Å². The van der Waals surface area contributed by atoms with Crippen LogP contribution in [0.1, 0.15) is 26.7 Å². The van der Waals surface area contributed by atoms with Crippen LogP contribution >= 0.6 is 0 Å². The molecule has 8 nitrogen and oxygen atoms in total. The van der Waals surface area contributed by atoms with Crippen LogP contribution in [-0.2, 0) is 19.2 Å². The van der Waals surface area contributed by atoms with Crippen molar-refractivity contribution in [2.75, 3.05) is 19.8 Å². The molecule has 0 aromatic heterocycles. The standard InChI is InChI=1S/C11H19N3O5/c1-8(2)11(17)18-6-7-19-13-12-14-5-3-4-9(14)10(15)16/h8-9H,3-7H2,1-2H3,(H,15,16)/b13-12-/t9-/m0/s1. The number of nitrogens with zero attached hydrogens (tertiary/aromatic N) is 3. The summed E-state index contributed by atoms with van der Waals surface area (Å²) in [6.07, 6.45) is 1.32. The molecule has 0 aliphatic carbocycles. The fourth-order valence-corrected chi connectivity index (χ4v) is 1.57. The molecule has 1 heterocycles. The van der Waals surface area contributed by atoms with E-state index >= 15 is 0 Å². The van der Waals surface area contributed by atoms with Crippen molar-refractivity contribution in [3.63, 3.8) is 0 Å². The number of carboxylic acid groups (broad SMARTS) is 1. The summed E-state index contributed by atoms with van der Waals surface area (Å²) in [7, 11) is 0. The normalized spacial score (nSPS) is 19.1. The summed E-state index contributed by atoms with van der Waals surface area (Å²) in [6, 6.07) is -0.633. The van der Waals surface area contributed by atoms with Crippen LogP contribution in [0.15, 0.2) is 10.5 Å². The minimum atomic E-state index is -0.915. The number of hydrogen-bond donors (Lipinski definition) is 1. The van der Waals surface area contributed by atoms with Crippen molar-refractivity contribution in [2.45, 2.75) is 32.7 Å². The summed E-state index contributed by atoms with van der Waals surface area (Å²) in [4.78, 5) is 26.7. The Morgan fingerprint density at radius 2 is 2.16 bits per heavy atom. The maximum Gasteiger partial charge on any atom is 0.328 e. The number of hydrogen-bond acceptors (Lipinski definition) is 6. The van der Waals surface area contributed by atoms with E-state index in [-0.39, 0.29) is 25.1 Å². The fraction of sp³-hybridized carbons (Fsp3) is 0.818. The Kier molecular flexibility index (Phi) is 6.04. The fourth-order valence-electron chi connectivity index (χ4n) is 1.57. The van der Waals surface area contributed by atoms with Crippen molar-refractivity contribution in [1.29, 1.82) is 0 Å². The number of carbonyl (C=O) groups excluding carboxylic acids is 1. The largest absolute Gasteiger partial charge is 0.480 e. The molecule has 0 saturated carbocycles. The van der Waals surface area contributed by atoms with Gasteiger partial charge in [0.1, 0.15) is 12.6 Å². The van der Waals surface area contributed by atoms with Gasteiger partial charge >= 0.3 is 11.9 Å². The Labute approximate surface area is 111 Å². The first-order valence-electron chi connectivity index (χ1n) is 6.21. The number of carboxylic acids is 1. The second-order valence-electron chi connectivity index (χ2n) is 4.49. The quantitative estimate of drug-likeness (QED) is 0.322. The van der Waals surface area contributed by atoms with E-state index in [2.05, 4.69) is 10.5 Å². The lowest BCUT2D eigenvalue weighted by molar-refractivity contribution is -0.149. The number of ether oxygens (including phenoxy) is 1. The maximum atomic E-state index is 11.1. The molecule has 0 spiro atoms. The van der Waals surface area contributed by atoms with Crippen molar-refractivity contribution in [3.05, 3.63) is 0 Å². The summed E-state index contributed by atoms with van der Waals surface area (Å²) in [5.41, 5.74) is 0. The minimum absolute atomic E-state index is 0.0908. The number of esters is 1. The van der Waals surface area contributed by atoms with E-state index in [1.54, 1.807) is 13.8 Å². The molecule has 0 bridgehead atoms. The summed E-state index contributed by atoms with van der Waals surface area (Å²) in [6.45, 7) is 4.21. The molecule has 0 amide bonds. The van der Waals surface area contributed by atoms with E-state index in [0.717, 1.165) is 6.42 Å². The van der Waals surface area contributed by atoms with Gasteiger partial charge in [0.05, 0.1) is 5.92 Å². The van der Waals surface area contributed by atoms with Crippen molar-refractivity contribution in [2.24, 2.45) is 16.4 Å². The molecule has 0 aromatic carbocycles. The van der Waals surface area contributed by atoms with Crippen molar-refractivity contribution < 1.29 is 24.3 Å². The predicted molar refractivity (Wildman–Crippen MR) is 64.0 cm³/mol. The zero-order chi connectivity index (χ0) is 14.3. The minimum Gasteiger partial charge on any atom is -0.480 e. The Bertz CT molecular complexity index is 345. The second kappa shape index (κ2) is 7.55. The molecule has 0 radical (unpaired) electrons. The third-order valence-electron chi connectivity index (χ3n) is 2.61. The Balaban J connectivity index is 2.17. The van der Waals surface area contributed by atoms with Crippen LogP contribution < -0.4 is 0 Å².